The van der Waals surface area contributed by atoms with Crippen molar-refractivity contribution in [3.8, 4) is 5.75 Å². The van der Waals surface area contributed by atoms with Crippen LogP contribution in [0.3, 0.4) is 0 Å². The molecule has 0 aromatic heterocycles. The minimum absolute atomic E-state index is 0.0310. The van der Waals surface area contributed by atoms with Gasteiger partial charge in [0, 0.05) is 17.7 Å². The normalized spacial score (nSPS) is 18.8. The molecule has 2 aromatic rings. The maximum atomic E-state index is 13.7. The number of methoxy groups -OCH3 is 1. The van der Waals surface area contributed by atoms with E-state index in [4.69, 9.17) is 4.74 Å². The van der Waals surface area contributed by atoms with Crippen molar-refractivity contribution in [3.63, 3.8) is 0 Å². The third kappa shape index (κ3) is 3.96. The summed E-state index contributed by atoms with van der Waals surface area (Å²) >= 11 is 0. The molecule has 3 rings (SSSR count). The number of benzene rings is 2. The van der Waals surface area contributed by atoms with Crippen molar-refractivity contribution in [2.45, 2.75) is 24.7 Å². The SMILES string of the molecule is COc1cccc(C2=NN(C(=O)Cc3ccc([N+](=O)[O-])cc3)[C@@](O)(C(F)(F)F)C2)c1. The fourth-order valence-electron chi connectivity index (χ4n) is 2.98. The Bertz CT molecular complexity index is 1010. The number of amides is 1. The lowest BCUT2D eigenvalue weighted by Crippen LogP contribution is -2.57. The molecule has 2 aromatic carbocycles. The van der Waals surface area contributed by atoms with E-state index in [0.29, 0.717) is 5.75 Å². The number of aliphatic hydroxyl groups is 1. The number of rotatable bonds is 5. The second-order valence-corrected chi connectivity index (χ2v) is 6.58. The molecule has 0 unspecified atom stereocenters. The Hall–Kier alpha value is -3.47. The van der Waals surface area contributed by atoms with Gasteiger partial charge in [-0.15, -0.1) is 0 Å². The predicted octanol–water partition coefficient (Wildman–Crippen LogP) is 3.03. The first kappa shape index (κ1) is 21.2. The second-order valence-electron chi connectivity index (χ2n) is 6.58. The number of nitrogens with zero attached hydrogens (tertiary/aromatic N) is 3. The quantitative estimate of drug-likeness (QED) is 0.588. The van der Waals surface area contributed by atoms with Gasteiger partial charge in [-0.1, -0.05) is 24.3 Å². The summed E-state index contributed by atoms with van der Waals surface area (Å²) in [6.45, 7) is 0. The summed E-state index contributed by atoms with van der Waals surface area (Å²) in [6.07, 6.45) is -6.65. The zero-order valence-corrected chi connectivity index (χ0v) is 15.6. The summed E-state index contributed by atoms with van der Waals surface area (Å²) in [4.78, 5) is 22.7. The highest BCUT2D eigenvalue weighted by Crippen LogP contribution is 2.41. The van der Waals surface area contributed by atoms with E-state index >= 15 is 0 Å². The number of hydrogen-bond acceptors (Lipinski definition) is 6. The molecule has 1 atom stereocenters. The fraction of sp³-hybridized carbons (Fsp3) is 0.263. The summed E-state index contributed by atoms with van der Waals surface area (Å²) in [7, 11) is 1.39. The van der Waals surface area contributed by atoms with Crippen LogP contribution in [0.2, 0.25) is 0 Å². The van der Waals surface area contributed by atoms with Gasteiger partial charge in [0.05, 0.1) is 30.6 Å². The molecule has 8 nitrogen and oxygen atoms in total. The number of carbonyl (C=O) groups excluding carboxylic acids is 1. The van der Waals surface area contributed by atoms with Gasteiger partial charge in [-0.3, -0.25) is 14.9 Å². The van der Waals surface area contributed by atoms with Crippen LogP contribution in [0.5, 0.6) is 5.75 Å². The number of ether oxygens (including phenoxy) is 1. The lowest BCUT2D eigenvalue weighted by atomic mass is 10.0. The standard InChI is InChI=1S/C19H16F3N3O5/c1-30-15-4-2-3-13(10-15)16-11-18(27,19(20,21)22)24(23-16)17(26)9-12-5-7-14(8-6-12)25(28)29/h2-8,10,27H,9,11H2,1H3/t18-/m0/s1. The predicted molar refractivity (Wildman–Crippen MR) is 98.8 cm³/mol. The van der Waals surface area contributed by atoms with E-state index in [-0.39, 0.29) is 27.5 Å². The minimum Gasteiger partial charge on any atom is -0.497 e. The Morgan fingerprint density at radius 1 is 1.30 bits per heavy atom. The highest BCUT2D eigenvalue weighted by atomic mass is 19.4. The Morgan fingerprint density at radius 3 is 2.53 bits per heavy atom. The number of halogens is 3. The van der Waals surface area contributed by atoms with E-state index in [1.807, 2.05) is 0 Å². The number of nitro groups is 1. The average molecular weight is 423 g/mol. The van der Waals surface area contributed by atoms with E-state index < -0.39 is 35.6 Å². The van der Waals surface area contributed by atoms with Crippen molar-refractivity contribution >= 4 is 17.3 Å². The van der Waals surface area contributed by atoms with Crippen LogP contribution in [0, 0.1) is 10.1 Å². The minimum atomic E-state index is -5.16. The van der Waals surface area contributed by atoms with Crippen LogP contribution in [-0.4, -0.2) is 45.7 Å². The molecule has 11 heteroatoms. The van der Waals surface area contributed by atoms with Gasteiger partial charge in [-0.2, -0.15) is 23.3 Å². The van der Waals surface area contributed by atoms with Gasteiger partial charge in [0.15, 0.2) is 0 Å². The molecule has 0 saturated carbocycles. The first-order chi connectivity index (χ1) is 14.0. The lowest BCUT2D eigenvalue weighted by Gasteiger charge is -2.32. The van der Waals surface area contributed by atoms with Crippen molar-refractivity contribution in [1.82, 2.24) is 5.01 Å². The van der Waals surface area contributed by atoms with Crippen molar-refractivity contribution in [2.75, 3.05) is 7.11 Å². The monoisotopic (exact) mass is 423 g/mol. The maximum Gasteiger partial charge on any atom is 0.438 e. The molecule has 1 N–H and O–H groups in total. The molecule has 0 aliphatic carbocycles. The average Bonchev–Trinajstić information content (AvgIpc) is 3.07. The van der Waals surface area contributed by atoms with E-state index in [2.05, 4.69) is 5.10 Å². The summed E-state index contributed by atoms with van der Waals surface area (Å²) in [6, 6.07) is 10.8. The van der Waals surface area contributed by atoms with Gasteiger partial charge in [0.2, 0.25) is 5.91 Å². The van der Waals surface area contributed by atoms with Crippen LogP contribution in [0.1, 0.15) is 17.5 Å². The molecule has 0 spiro atoms. The van der Waals surface area contributed by atoms with E-state index in [1.54, 1.807) is 12.1 Å². The molecule has 1 aliphatic heterocycles. The first-order valence-corrected chi connectivity index (χ1v) is 8.62. The van der Waals surface area contributed by atoms with E-state index in [9.17, 15) is 33.2 Å². The number of carbonyl (C=O) groups is 1. The maximum absolute atomic E-state index is 13.7. The first-order valence-electron chi connectivity index (χ1n) is 8.62. The van der Waals surface area contributed by atoms with Gasteiger partial charge in [0.1, 0.15) is 5.75 Å². The molecule has 1 amide bonds. The Balaban J connectivity index is 1.92. The van der Waals surface area contributed by atoms with Crippen LogP contribution in [0.4, 0.5) is 18.9 Å². The molecule has 1 heterocycles. The third-order valence-corrected chi connectivity index (χ3v) is 4.58. The molecule has 158 valence electrons. The van der Waals surface area contributed by atoms with Gasteiger partial charge in [-0.05, 0) is 17.7 Å². The molecule has 0 fully saturated rings. The Labute approximate surface area is 168 Å². The Kier molecular flexibility index (Phi) is 5.49. The van der Waals surface area contributed by atoms with Crippen molar-refractivity contribution in [3.05, 3.63) is 69.8 Å². The molecule has 30 heavy (non-hydrogen) atoms. The van der Waals surface area contributed by atoms with Gasteiger partial charge in [-0.25, -0.2) is 0 Å². The zero-order valence-electron chi connectivity index (χ0n) is 15.6. The van der Waals surface area contributed by atoms with Gasteiger partial charge >= 0.3 is 6.18 Å². The van der Waals surface area contributed by atoms with Crippen LogP contribution in [-0.2, 0) is 11.2 Å². The lowest BCUT2D eigenvalue weighted by molar-refractivity contribution is -0.384. The number of alkyl halides is 3. The van der Waals surface area contributed by atoms with Crippen LogP contribution in [0.25, 0.3) is 0 Å². The van der Waals surface area contributed by atoms with Crippen LogP contribution >= 0.6 is 0 Å². The third-order valence-electron chi connectivity index (χ3n) is 4.58. The Morgan fingerprint density at radius 2 is 1.97 bits per heavy atom. The molecule has 0 saturated heterocycles. The van der Waals surface area contributed by atoms with E-state index in [0.717, 1.165) is 12.1 Å². The van der Waals surface area contributed by atoms with Crippen LogP contribution in [0.15, 0.2) is 53.6 Å². The smallest absolute Gasteiger partial charge is 0.438 e. The number of nitro benzene ring substituents is 1. The van der Waals surface area contributed by atoms with Crippen molar-refractivity contribution in [2.24, 2.45) is 5.10 Å². The van der Waals surface area contributed by atoms with Gasteiger partial charge in [0.25, 0.3) is 11.4 Å². The molecule has 0 radical (unpaired) electrons. The summed E-state index contributed by atoms with van der Waals surface area (Å²) in [5.41, 5.74) is -3.37. The van der Waals surface area contributed by atoms with Crippen molar-refractivity contribution in [1.29, 1.82) is 0 Å². The molecular formula is C19H16F3N3O5. The summed E-state index contributed by atoms with van der Waals surface area (Å²) < 4.78 is 46.0. The summed E-state index contributed by atoms with van der Waals surface area (Å²) in [5, 5.41) is 24.9. The van der Waals surface area contributed by atoms with E-state index in [1.165, 1.54) is 31.4 Å². The second kappa shape index (κ2) is 7.75. The molecule has 0 bridgehead atoms. The number of non-ortho nitro benzene ring substituents is 1. The highest BCUT2D eigenvalue weighted by Gasteiger charge is 2.63. The van der Waals surface area contributed by atoms with Crippen LogP contribution < -0.4 is 4.74 Å². The number of hydrazone groups is 1. The topological polar surface area (TPSA) is 105 Å². The number of hydrogen-bond donors (Lipinski definition) is 1. The molecular weight excluding hydrogens is 407 g/mol. The zero-order chi connectivity index (χ0) is 22.1. The van der Waals surface area contributed by atoms with Crippen molar-refractivity contribution < 1.29 is 32.7 Å². The summed E-state index contributed by atoms with van der Waals surface area (Å²) in [5.74, 6) is -0.733. The molecule has 1 aliphatic rings. The highest BCUT2D eigenvalue weighted by molar-refractivity contribution is 6.04. The van der Waals surface area contributed by atoms with Gasteiger partial charge < -0.3 is 9.84 Å². The largest absolute Gasteiger partial charge is 0.497 e. The fourth-order valence-corrected chi connectivity index (χ4v) is 2.98.